The van der Waals surface area contributed by atoms with E-state index in [2.05, 4.69) is 22.3 Å². The lowest BCUT2D eigenvalue weighted by atomic mass is 10.2. The molecule has 2 aromatic carbocycles. The Morgan fingerprint density at radius 3 is 2.52 bits per heavy atom. The van der Waals surface area contributed by atoms with Gasteiger partial charge in [-0.1, -0.05) is 41.9 Å². The summed E-state index contributed by atoms with van der Waals surface area (Å²) < 4.78 is 26.9. The van der Waals surface area contributed by atoms with E-state index in [0.717, 1.165) is 19.4 Å². The second kappa shape index (κ2) is 9.71. The molecule has 0 spiro atoms. The number of hydrogen-bond acceptors (Lipinski definition) is 4. The lowest BCUT2D eigenvalue weighted by Crippen LogP contribution is -2.33. The van der Waals surface area contributed by atoms with E-state index in [0.29, 0.717) is 26.2 Å². The average Bonchev–Trinajstić information content (AvgIpc) is 3.24. The van der Waals surface area contributed by atoms with Gasteiger partial charge < -0.3 is 10.2 Å². The molecule has 0 aromatic heterocycles. The van der Waals surface area contributed by atoms with E-state index in [4.69, 9.17) is 11.6 Å². The molecule has 0 unspecified atom stereocenters. The molecule has 0 aliphatic carbocycles. The van der Waals surface area contributed by atoms with Gasteiger partial charge in [0, 0.05) is 32.7 Å². The summed E-state index contributed by atoms with van der Waals surface area (Å²) >= 11 is 6.17. The third-order valence-corrected chi connectivity index (χ3v) is 7.18. The molecule has 2 aromatic rings. The van der Waals surface area contributed by atoms with E-state index in [1.165, 1.54) is 28.1 Å². The summed E-state index contributed by atoms with van der Waals surface area (Å²) in [5, 5.41) is 3.07. The topological polar surface area (TPSA) is 69.7 Å². The number of amides is 1. The number of rotatable bonds is 8. The van der Waals surface area contributed by atoms with Crippen LogP contribution in [0.25, 0.3) is 0 Å². The second-order valence-corrected chi connectivity index (χ2v) is 9.58. The Balaban J connectivity index is 1.60. The number of nitrogens with zero attached hydrogens (tertiary/aromatic N) is 2. The Morgan fingerprint density at radius 1 is 1.14 bits per heavy atom. The van der Waals surface area contributed by atoms with Gasteiger partial charge in [-0.25, -0.2) is 8.42 Å². The molecular formula is C21H26ClN3O3S. The van der Waals surface area contributed by atoms with Crippen LogP contribution in [0.1, 0.15) is 28.8 Å². The van der Waals surface area contributed by atoms with E-state index in [-0.39, 0.29) is 21.4 Å². The predicted octanol–water partition coefficient (Wildman–Crippen LogP) is 2.99. The lowest BCUT2D eigenvalue weighted by Gasteiger charge is -2.18. The molecule has 0 bridgehead atoms. The van der Waals surface area contributed by atoms with Crippen LogP contribution in [-0.2, 0) is 16.6 Å². The highest BCUT2D eigenvalue weighted by molar-refractivity contribution is 7.89. The van der Waals surface area contributed by atoms with E-state index in [9.17, 15) is 13.2 Å². The molecule has 3 rings (SSSR count). The highest BCUT2D eigenvalue weighted by atomic mass is 35.5. The van der Waals surface area contributed by atoms with Crippen LogP contribution in [0.15, 0.2) is 53.4 Å². The Hall–Kier alpha value is -1.93. The number of hydrogen-bond donors (Lipinski definition) is 1. The monoisotopic (exact) mass is 435 g/mol. The summed E-state index contributed by atoms with van der Waals surface area (Å²) in [6, 6.07) is 14.4. The Labute approximate surface area is 177 Å². The van der Waals surface area contributed by atoms with Crippen molar-refractivity contribution >= 4 is 27.5 Å². The van der Waals surface area contributed by atoms with Gasteiger partial charge in [-0.05, 0) is 43.7 Å². The van der Waals surface area contributed by atoms with Crippen LogP contribution in [-0.4, -0.2) is 56.8 Å². The van der Waals surface area contributed by atoms with Crippen LogP contribution in [0.5, 0.6) is 0 Å². The number of benzene rings is 2. The van der Waals surface area contributed by atoms with Crippen LogP contribution >= 0.6 is 11.6 Å². The quantitative estimate of drug-likeness (QED) is 0.692. The first kappa shape index (κ1) is 21.8. The third kappa shape index (κ3) is 5.57. The SMILES string of the molecule is CN(CCNC(=O)c1cc(S(=O)(=O)N2CCCC2)ccc1Cl)Cc1ccccc1. The molecule has 0 atom stereocenters. The number of sulfonamides is 1. The number of carbonyl (C=O) groups excluding carboxylic acids is 1. The molecule has 1 amide bonds. The summed E-state index contributed by atoms with van der Waals surface area (Å²) in [5.74, 6) is -0.374. The Kier molecular flexibility index (Phi) is 7.29. The number of carbonyl (C=O) groups is 1. The summed E-state index contributed by atoms with van der Waals surface area (Å²) in [7, 11) is -1.61. The largest absolute Gasteiger partial charge is 0.351 e. The fourth-order valence-corrected chi connectivity index (χ4v) is 5.09. The van der Waals surface area contributed by atoms with Crippen molar-refractivity contribution in [3.63, 3.8) is 0 Å². The average molecular weight is 436 g/mol. The number of nitrogens with one attached hydrogen (secondary N) is 1. The number of likely N-dealkylation sites (N-methyl/N-ethyl adjacent to an activating group) is 1. The normalized spacial score (nSPS) is 15.0. The van der Waals surface area contributed by atoms with Crippen molar-refractivity contribution < 1.29 is 13.2 Å². The molecule has 1 aliphatic heterocycles. The van der Waals surface area contributed by atoms with Gasteiger partial charge >= 0.3 is 0 Å². The van der Waals surface area contributed by atoms with Crippen LogP contribution < -0.4 is 5.32 Å². The van der Waals surface area contributed by atoms with Gasteiger partial charge in [0.15, 0.2) is 0 Å². The highest BCUT2D eigenvalue weighted by Gasteiger charge is 2.28. The van der Waals surface area contributed by atoms with Crippen molar-refractivity contribution in [2.45, 2.75) is 24.3 Å². The van der Waals surface area contributed by atoms with Gasteiger partial charge in [-0.3, -0.25) is 4.79 Å². The van der Waals surface area contributed by atoms with Crippen LogP contribution in [0.4, 0.5) is 0 Å². The summed E-state index contributed by atoms with van der Waals surface area (Å²) in [6.07, 6.45) is 1.72. The van der Waals surface area contributed by atoms with Crippen molar-refractivity contribution in [1.82, 2.24) is 14.5 Å². The lowest BCUT2D eigenvalue weighted by molar-refractivity contribution is 0.0949. The molecule has 1 N–H and O–H groups in total. The first-order chi connectivity index (χ1) is 13.9. The standard InChI is InChI=1S/C21H26ClN3O3S/c1-24(16-17-7-3-2-4-8-17)14-11-23-21(26)19-15-18(9-10-20(19)22)29(27,28)25-12-5-6-13-25/h2-4,7-10,15H,5-6,11-14,16H2,1H3,(H,23,26). The van der Waals surface area contributed by atoms with Crippen LogP contribution in [0.3, 0.4) is 0 Å². The fourth-order valence-electron chi connectivity index (χ4n) is 3.35. The maximum Gasteiger partial charge on any atom is 0.252 e. The molecule has 1 aliphatic rings. The molecule has 29 heavy (non-hydrogen) atoms. The zero-order valence-electron chi connectivity index (χ0n) is 16.5. The fraction of sp³-hybridized carbons (Fsp3) is 0.381. The zero-order chi connectivity index (χ0) is 20.9. The number of halogens is 1. The molecule has 6 nitrogen and oxygen atoms in total. The summed E-state index contributed by atoms with van der Waals surface area (Å²) in [4.78, 5) is 14.8. The minimum Gasteiger partial charge on any atom is -0.351 e. The minimum absolute atomic E-state index is 0.107. The Morgan fingerprint density at radius 2 is 1.83 bits per heavy atom. The summed E-state index contributed by atoms with van der Waals surface area (Å²) in [6.45, 7) is 2.90. The van der Waals surface area contributed by atoms with Gasteiger partial charge in [0.25, 0.3) is 5.91 Å². The van der Waals surface area contributed by atoms with E-state index < -0.39 is 10.0 Å². The van der Waals surface area contributed by atoms with Gasteiger partial charge in [0.2, 0.25) is 10.0 Å². The molecule has 0 saturated carbocycles. The molecular weight excluding hydrogens is 410 g/mol. The molecule has 156 valence electrons. The van der Waals surface area contributed by atoms with E-state index in [1.54, 1.807) is 0 Å². The molecule has 0 radical (unpaired) electrons. The van der Waals surface area contributed by atoms with Crippen LogP contribution in [0, 0.1) is 0 Å². The maximum absolute atomic E-state index is 12.7. The predicted molar refractivity (Wildman–Crippen MR) is 115 cm³/mol. The van der Waals surface area contributed by atoms with Crippen molar-refractivity contribution in [3.05, 3.63) is 64.7 Å². The zero-order valence-corrected chi connectivity index (χ0v) is 18.0. The van der Waals surface area contributed by atoms with Crippen LogP contribution in [0.2, 0.25) is 5.02 Å². The van der Waals surface area contributed by atoms with Crippen molar-refractivity contribution in [2.24, 2.45) is 0 Å². The highest BCUT2D eigenvalue weighted by Crippen LogP contribution is 2.25. The van der Waals surface area contributed by atoms with Gasteiger partial charge in [-0.2, -0.15) is 4.31 Å². The molecule has 1 fully saturated rings. The first-order valence-electron chi connectivity index (χ1n) is 9.68. The minimum atomic E-state index is -3.59. The molecule has 1 heterocycles. The second-order valence-electron chi connectivity index (χ2n) is 7.23. The van der Waals surface area contributed by atoms with Crippen molar-refractivity contribution in [3.8, 4) is 0 Å². The van der Waals surface area contributed by atoms with E-state index in [1.807, 2.05) is 25.2 Å². The van der Waals surface area contributed by atoms with Gasteiger partial charge in [0.05, 0.1) is 15.5 Å². The first-order valence-corrected chi connectivity index (χ1v) is 11.5. The van der Waals surface area contributed by atoms with Gasteiger partial charge in [0.1, 0.15) is 0 Å². The van der Waals surface area contributed by atoms with E-state index >= 15 is 0 Å². The smallest absolute Gasteiger partial charge is 0.252 e. The third-order valence-electron chi connectivity index (χ3n) is 4.96. The van der Waals surface area contributed by atoms with Crippen molar-refractivity contribution in [2.75, 3.05) is 33.2 Å². The van der Waals surface area contributed by atoms with Gasteiger partial charge in [-0.15, -0.1) is 0 Å². The maximum atomic E-state index is 12.7. The Bertz CT molecular complexity index is 945. The molecule has 1 saturated heterocycles. The molecule has 8 heteroatoms. The summed E-state index contributed by atoms with van der Waals surface area (Å²) in [5.41, 5.74) is 1.38. The van der Waals surface area contributed by atoms with Crippen molar-refractivity contribution in [1.29, 1.82) is 0 Å².